The van der Waals surface area contributed by atoms with Crippen molar-refractivity contribution >= 4 is 21.6 Å². The Kier molecular flexibility index (Phi) is 6.81. The van der Waals surface area contributed by atoms with Crippen LogP contribution < -0.4 is 10.0 Å². The summed E-state index contributed by atoms with van der Waals surface area (Å²) in [6, 6.07) is 4.18. The minimum Gasteiger partial charge on any atom is -0.313 e. The van der Waals surface area contributed by atoms with E-state index in [0.29, 0.717) is 6.54 Å². The van der Waals surface area contributed by atoms with Crippen LogP contribution >= 0.6 is 11.6 Å². The van der Waals surface area contributed by atoms with Gasteiger partial charge in [-0.3, -0.25) is 0 Å². The molecule has 4 nitrogen and oxygen atoms in total. The Labute approximate surface area is 122 Å². The van der Waals surface area contributed by atoms with Crippen LogP contribution in [0.4, 0.5) is 8.78 Å². The Morgan fingerprint density at radius 3 is 2.60 bits per heavy atom. The van der Waals surface area contributed by atoms with Crippen LogP contribution in [0, 0.1) is 0 Å². The molecule has 0 radical (unpaired) electrons. The summed E-state index contributed by atoms with van der Waals surface area (Å²) in [5.41, 5.74) is 0.757. The highest BCUT2D eigenvalue weighted by atomic mass is 35.5. The Morgan fingerprint density at radius 1 is 1.35 bits per heavy atom. The van der Waals surface area contributed by atoms with Crippen molar-refractivity contribution in [3.63, 3.8) is 0 Å². The fourth-order valence-corrected chi connectivity index (χ4v) is 2.84. The molecule has 0 fully saturated rings. The first-order valence-corrected chi connectivity index (χ1v) is 8.00. The number of rotatable bonds is 8. The fraction of sp³-hybridized carbons (Fsp3) is 0.500. The number of hydrogen-bond donors (Lipinski definition) is 2. The first-order valence-electron chi connectivity index (χ1n) is 6.13. The average Bonchev–Trinajstić information content (AvgIpc) is 2.38. The molecule has 0 bridgehead atoms. The van der Waals surface area contributed by atoms with E-state index in [0.717, 1.165) is 18.5 Å². The van der Waals surface area contributed by atoms with Crippen LogP contribution in [0.2, 0.25) is 5.02 Å². The van der Waals surface area contributed by atoms with E-state index in [2.05, 4.69) is 5.32 Å². The van der Waals surface area contributed by atoms with Crippen LogP contribution in [-0.2, 0) is 16.6 Å². The van der Waals surface area contributed by atoms with E-state index >= 15 is 0 Å². The molecule has 0 aliphatic carbocycles. The van der Waals surface area contributed by atoms with E-state index in [4.69, 9.17) is 11.6 Å². The number of nitrogens with one attached hydrogen (secondary N) is 2. The third-order valence-corrected chi connectivity index (χ3v) is 4.28. The van der Waals surface area contributed by atoms with Gasteiger partial charge in [0, 0.05) is 11.6 Å². The van der Waals surface area contributed by atoms with E-state index in [1.807, 2.05) is 11.6 Å². The molecule has 0 aliphatic heterocycles. The lowest BCUT2D eigenvalue weighted by molar-refractivity contribution is 0.153. The highest BCUT2D eigenvalue weighted by Gasteiger charge is 2.17. The molecule has 0 unspecified atom stereocenters. The van der Waals surface area contributed by atoms with E-state index in [9.17, 15) is 17.2 Å². The number of sulfonamides is 1. The first-order chi connectivity index (χ1) is 9.36. The molecule has 1 rings (SSSR count). The van der Waals surface area contributed by atoms with Crippen LogP contribution in [-0.4, -0.2) is 27.9 Å². The molecule has 8 heteroatoms. The van der Waals surface area contributed by atoms with Gasteiger partial charge in [-0.1, -0.05) is 24.6 Å². The molecule has 2 N–H and O–H groups in total. The minimum atomic E-state index is -3.95. The van der Waals surface area contributed by atoms with Crippen LogP contribution in [0.15, 0.2) is 23.1 Å². The molecule has 0 spiro atoms. The van der Waals surface area contributed by atoms with Crippen molar-refractivity contribution in [1.29, 1.82) is 0 Å². The lowest BCUT2D eigenvalue weighted by Gasteiger charge is -2.09. The van der Waals surface area contributed by atoms with Crippen LogP contribution in [0.5, 0.6) is 0 Å². The maximum absolute atomic E-state index is 12.0. The minimum absolute atomic E-state index is 0.123. The number of benzene rings is 1. The average molecular weight is 327 g/mol. The molecule has 114 valence electrons. The van der Waals surface area contributed by atoms with Gasteiger partial charge in [0.1, 0.15) is 0 Å². The third kappa shape index (κ3) is 5.32. The molecular formula is C12H17ClF2N2O2S. The quantitative estimate of drug-likeness (QED) is 0.721. The van der Waals surface area contributed by atoms with Crippen molar-refractivity contribution < 1.29 is 17.2 Å². The smallest absolute Gasteiger partial charge is 0.251 e. The van der Waals surface area contributed by atoms with Gasteiger partial charge in [0.25, 0.3) is 6.43 Å². The van der Waals surface area contributed by atoms with Crippen LogP contribution in [0.3, 0.4) is 0 Å². The SMILES string of the molecule is CCCNCc1ccc(S(=O)(=O)NCC(F)F)cc1Cl. The fourth-order valence-electron chi connectivity index (χ4n) is 1.49. The predicted molar refractivity (Wildman–Crippen MR) is 74.6 cm³/mol. The summed E-state index contributed by atoms with van der Waals surface area (Å²) in [5, 5.41) is 3.43. The zero-order valence-electron chi connectivity index (χ0n) is 11.0. The summed E-state index contributed by atoms with van der Waals surface area (Å²) in [7, 11) is -3.95. The molecule has 0 aliphatic rings. The van der Waals surface area contributed by atoms with Gasteiger partial charge in [0.2, 0.25) is 10.0 Å². The van der Waals surface area contributed by atoms with Gasteiger partial charge in [-0.05, 0) is 30.7 Å². The van der Waals surface area contributed by atoms with Gasteiger partial charge in [-0.25, -0.2) is 21.9 Å². The van der Waals surface area contributed by atoms with E-state index < -0.39 is 23.0 Å². The zero-order chi connectivity index (χ0) is 15.2. The predicted octanol–water partition coefficient (Wildman–Crippen LogP) is 2.38. The summed E-state index contributed by atoms with van der Waals surface area (Å²) in [4.78, 5) is -0.123. The summed E-state index contributed by atoms with van der Waals surface area (Å²) in [6.45, 7) is 2.46. The molecule has 0 saturated carbocycles. The van der Waals surface area contributed by atoms with Gasteiger partial charge in [-0.2, -0.15) is 0 Å². The number of alkyl halides is 2. The lowest BCUT2D eigenvalue weighted by Crippen LogP contribution is -2.28. The Morgan fingerprint density at radius 2 is 2.05 bits per heavy atom. The molecule has 0 heterocycles. The molecule has 0 amide bonds. The van der Waals surface area contributed by atoms with Gasteiger partial charge in [0.05, 0.1) is 11.4 Å². The molecular weight excluding hydrogens is 310 g/mol. The summed E-state index contributed by atoms with van der Waals surface area (Å²) < 4.78 is 49.4. The molecule has 0 atom stereocenters. The third-order valence-electron chi connectivity index (χ3n) is 2.50. The molecule has 20 heavy (non-hydrogen) atoms. The standard InChI is InChI=1S/C12H17ClF2N2O2S/c1-2-5-16-7-9-3-4-10(6-11(9)13)20(18,19)17-8-12(14)15/h3-4,6,12,16-17H,2,5,7-8H2,1H3. The molecule has 0 saturated heterocycles. The van der Waals surface area contributed by atoms with Crippen molar-refractivity contribution in [2.45, 2.75) is 31.2 Å². The first kappa shape index (κ1) is 17.3. The topological polar surface area (TPSA) is 58.2 Å². The maximum Gasteiger partial charge on any atom is 0.251 e. The largest absolute Gasteiger partial charge is 0.313 e. The van der Waals surface area contributed by atoms with Gasteiger partial charge >= 0.3 is 0 Å². The highest BCUT2D eigenvalue weighted by molar-refractivity contribution is 7.89. The van der Waals surface area contributed by atoms with Crippen molar-refractivity contribution in [2.75, 3.05) is 13.1 Å². The Hall–Kier alpha value is -0.760. The normalized spacial score (nSPS) is 12.1. The Bertz CT molecular complexity index is 538. The maximum atomic E-state index is 12.0. The molecule has 1 aromatic rings. The lowest BCUT2D eigenvalue weighted by atomic mass is 10.2. The second kappa shape index (κ2) is 7.87. The monoisotopic (exact) mass is 326 g/mol. The summed E-state index contributed by atoms with van der Waals surface area (Å²) in [6.07, 6.45) is -1.76. The van der Waals surface area contributed by atoms with E-state index in [-0.39, 0.29) is 9.92 Å². The highest BCUT2D eigenvalue weighted by Crippen LogP contribution is 2.20. The Balaban J connectivity index is 2.80. The van der Waals surface area contributed by atoms with Crippen LogP contribution in [0.25, 0.3) is 0 Å². The van der Waals surface area contributed by atoms with Crippen LogP contribution in [0.1, 0.15) is 18.9 Å². The number of halogens is 3. The van der Waals surface area contributed by atoms with E-state index in [1.165, 1.54) is 12.1 Å². The zero-order valence-corrected chi connectivity index (χ0v) is 12.6. The number of hydrogen-bond acceptors (Lipinski definition) is 3. The summed E-state index contributed by atoms with van der Waals surface area (Å²) in [5.74, 6) is 0. The van der Waals surface area contributed by atoms with Crippen molar-refractivity contribution in [2.24, 2.45) is 0 Å². The van der Waals surface area contributed by atoms with Crippen molar-refractivity contribution in [3.8, 4) is 0 Å². The van der Waals surface area contributed by atoms with E-state index in [1.54, 1.807) is 6.07 Å². The molecule has 1 aromatic carbocycles. The van der Waals surface area contributed by atoms with Gasteiger partial charge in [-0.15, -0.1) is 0 Å². The van der Waals surface area contributed by atoms with Gasteiger partial charge in [0.15, 0.2) is 0 Å². The van der Waals surface area contributed by atoms with Crippen molar-refractivity contribution in [1.82, 2.24) is 10.0 Å². The van der Waals surface area contributed by atoms with Crippen molar-refractivity contribution in [3.05, 3.63) is 28.8 Å². The summed E-state index contributed by atoms with van der Waals surface area (Å²) >= 11 is 6.00. The second-order valence-electron chi connectivity index (χ2n) is 4.17. The van der Waals surface area contributed by atoms with Gasteiger partial charge < -0.3 is 5.32 Å². The molecule has 0 aromatic heterocycles. The second-order valence-corrected chi connectivity index (χ2v) is 6.35.